The van der Waals surface area contributed by atoms with Gasteiger partial charge >= 0.3 is 0 Å². The molecule has 18 heavy (non-hydrogen) atoms. The maximum absolute atomic E-state index is 12.5. The first-order valence-corrected chi connectivity index (χ1v) is 7.29. The Morgan fingerprint density at radius 1 is 1.39 bits per heavy atom. The van der Waals surface area contributed by atoms with Crippen LogP contribution in [0.15, 0.2) is 0 Å². The largest absolute Gasteiger partial charge is 0.355 e. The van der Waals surface area contributed by atoms with Crippen LogP contribution in [-0.2, 0) is 9.59 Å². The van der Waals surface area contributed by atoms with Gasteiger partial charge in [0.1, 0.15) is 0 Å². The van der Waals surface area contributed by atoms with Crippen molar-refractivity contribution in [2.24, 2.45) is 5.92 Å². The number of hydrogen-bond donors (Lipinski definition) is 1. The molecule has 0 aromatic heterocycles. The summed E-state index contributed by atoms with van der Waals surface area (Å²) >= 11 is 0. The van der Waals surface area contributed by atoms with Gasteiger partial charge < -0.3 is 10.2 Å². The van der Waals surface area contributed by atoms with E-state index >= 15 is 0 Å². The van der Waals surface area contributed by atoms with Crippen LogP contribution in [-0.4, -0.2) is 35.8 Å². The second-order valence-corrected chi connectivity index (χ2v) is 5.51. The van der Waals surface area contributed by atoms with Gasteiger partial charge in [0.2, 0.25) is 11.8 Å². The van der Waals surface area contributed by atoms with Crippen LogP contribution in [0, 0.1) is 5.92 Å². The van der Waals surface area contributed by atoms with Gasteiger partial charge in [0.05, 0.1) is 5.92 Å². The highest BCUT2D eigenvalue weighted by Gasteiger charge is 2.32. The standard InChI is InChI=1S/C14H24N2O2/c1-2-5-12-6-3-4-9-16(12)14(18)11-7-8-13(17)15-10-11/h11-12H,2-10H2,1H3,(H,15,17). The third kappa shape index (κ3) is 3.03. The number of nitrogens with zero attached hydrogens (tertiary/aromatic N) is 1. The highest BCUT2D eigenvalue weighted by atomic mass is 16.2. The molecule has 4 heteroatoms. The van der Waals surface area contributed by atoms with Gasteiger partial charge in [-0.15, -0.1) is 0 Å². The summed E-state index contributed by atoms with van der Waals surface area (Å²) in [6.07, 6.45) is 7.00. The van der Waals surface area contributed by atoms with Gasteiger partial charge in [0, 0.05) is 25.6 Å². The van der Waals surface area contributed by atoms with E-state index in [0.717, 1.165) is 38.6 Å². The lowest BCUT2D eigenvalue weighted by Crippen LogP contribution is -2.50. The summed E-state index contributed by atoms with van der Waals surface area (Å²) in [5.74, 6) is 0.371. The molecule has 0 saturated carbocycles. The lowest BCUT2D eigenvalue weighted by molar-refractivity contribution is -0.141. The highest BCUT2D eigenvalue weighted by Crippen LogP contribution is 2.24. The summed E-state index contributed by atoms with van der Waals surface area (Å²) in [7, 11) is 0. The molecule has 2 atom stereocenters. The molecule has 2 aliphatic heterocycles. The molecule has 4 nitrogen and oxygen atoms in total. The van der Waals surface area contributed by atoms with Crippen LogP contribution in [0.4, 0.5) is 0 Å². The van der Waals surface area contributed by atoms with Crippen molar-refractivity contribution in [3.05, 3.63) is 0 Å². The van der Waals surface area contributed by atoms with Crippen molar-refractivity contribution >= 4 is 11.8 Å². The molecule has 0 radical (unpaired) electrons. The number of likely N-dealkylation sites (tertiary alicyclic amines) is 1. The van der Waals surface area contributed by atoms with E-state index in [1.54, 1.807) is 0 Å². The molecule has 0 aliphatic carbocycles. The summed E-state index contributed by atoms with van der Waals surface area (Å²) < 4.78 is 0. The number of carbonyl (C=O) groups is 2. The van der Waals surface area contributed by atoms with Crippen molar-refractivity contribution in [2.45, 2.75) is 57.9 Å². The minimum atomic E-state index is 0.0140. The van der Waals surface area contributed by atoms with E-state index in [-0.39, 0.29) is 17.7 Å². The first-order chi connectivity index (χ1) is 8.72. The molecule has 0 bridgehead atoms. The lowest BCUT2D eigenvalue weighted by Gasteiger charge is -2.38. The molecule has 2 fully saturated rings. The van der Waals surface area contributed by atoms with Gasteiger partial charge in [-0.25, -0.2) is 0 Å². The van der Waals surface area contributed by atoms with E-state index in [1.165, 1.54) is 6.42 Å². The molecule has 2 unspecified atom stereocenters. The maximum Gasteiger partial charge on any atom is 0.227 e. The van der Waals surface area contributed by atoms with Gasteiger partial charge in [0.15, 0.2) is 0 Å². The van der Waals surface area contributed by atoms with Crippen LogP contribution in [0.1, 0.15) is 51.9 Å². The first-order valence-electron chi connectivity index (χ1n) is 7.29. The predicted molar refractivity (Wildman–Crippen MR) is 70.0 cm³/mol. The van der Waals surface area contributed by atoms with Crippen molar-refractivity contribution < 1.29 is 9.59 Å². The van der Waals surface area contributed by atoms with Gasteiger partial charge in [-0.1, -0.05) is 13.3 Å². The number of piperidine rings is 2. The lowest BCUT2D eigenvalue weighted by atomic mass is 9.93. The monoisotopic (exact) mass is 252 g/mol. The SMILES string of the molecule is CCCC1CCCCN1C(=O)C1CCC(=O)NC1. The van der Waals surface area contributed by atoms with Gasteiger partial charge in [-0.3, -0.25) is 9.59 Å². The second-order valence-electron chi connectivity index (χ2n) is 5.51. The number of nitrogens with one attached hydrogen (secondary N) is 1. The average Bonchev–Trinajstić information content (AvgIpc) is 2.40. The molecule has 102 valence electrons. The molecule has 2 saturated heterocycles. The number of amides is 2. The Kier molecular flexibility index (Phi) is 4.61. The second kappa shape index (κ2) is 6.21. The van der Waals surface area contributed by atoms with Crippen LogP contribution >= 0.6 is 0 Å². The Morgan fingerprint density at radius 2 is 2.22 bits per heavy atom. The van der Waals surface area contributed by atoms with Crippen LogP contribution < -0.4 is 5.32 Å². The van der Waals surface area contributed by atoms with Crippen LogP contribution in [0.25, 0.3) is 0 Å². The fraction of sp³-hybridized carbons (Fsp3) is 0.857. The van der Waals surface area contributed by atoms with Crippen LogP contribution in [0.5, 0.6) is 0 Å². The predicted octanol–water partition coefficient (Wildman–Crippen LogP) is 1.69. The first kappa shape index (κ1) is 13.4. The number of hydrogen-bond acceptors (Lipinski definition) is 2. The summed E-state index contributed by atoms with van der Waals surface area (Å²) in [6.45, 7) is 3.62. The summed E-state index contributed by atoms with van der Waals surface area (Å²) in [4.78, 5) is 25.8. The smallest absolute Gasteiger partial charge is 0.227 e. The topological polar surface area (TPSA) is 49.4 Å². The summed E-state index contributed by atoms with van der Waals surface area (Å²) in [5, 5.41) is 2.81. The molecular formula is C14H24N2O2. The fourth-order valence-electron chi connectivity index (χ4n) is 3.10. The van der Waals surface area contributed by atoms with E-state index in [1.807, 2.05) is 0 Å². The summed E-state index contributed by atoms with van der Waals surface area (Å²) in [5.41, 5.74) is 0. The Hall–Kier alpha value is -1.06. The Bertz CT molecular complexity index is 305. The van der Waals surface area contributed by atoms with Gasteiger partial charge in [0.25, 0.3) is 0 Å². The number of rotatable bonds is 3. The zero-order valence-corrected chi connectivity index (χ0v) is 11.3. The van der Waals surface area contributed by atoms with E-state index in [2.05, 4.69) is 17.1 Å². The van der Waals surface area contributed by atoms with Crippen LogP contribution in [0.2, 0.25) is 0 Å². The highest BCUT2D eigenvalue weighted by molar-refractivity contribution is 5.84. The van der Waals surface area contributed by atoms with Crippen LogP contribution in [0.3, 0.4) is 0 Å². The van der Waals surface area contributed by atoms with Gasteiger partial charge in [-0.2, -0.15) is 0 Å². The van der Waals surface area contributed by atoms with E-state index in [9.17, 15) is 9.59 Å². The zero-order valence-electron chi connectivity index (χ0n) is 11.3. The fourth-order valence-corrected chi connectivity index (χ4v) is 3.10. The minimum absolute atomic E-state index is 0.0140. The van der Waals surface area contributed by atoms with E-state index < -0.39 is 0 Å². The average molecular weight is 252 g/mol. The van der Waals surface area contributed by atoms with Gasteiger partial charge in [-0.05, 0) is 32.1 Å². The molecule has 2 heterocycles. The molecule has 2 amide bonds. The normalized spacial score (nSPS) is 28.9. The molecule has 2 aliphatic rings. The van der Waals surface area contributed by atoms with Crippen molar-refractivity contribution in [3.8, 4) is 0 Å². The summed E-state index contributed by atoms with van der Waals surface area (Å²) in [6, 6.07) is 0.439. The molecule has 0 aromatic carbocycles. The molecular weight excluding hydrogens is 228 g/mol. The van der Waals surface area contributed by atoms with E-state index in [4.69, 9.17) is 0 Å². The number of carbonyl (C=O) groups excluding carboxylic acids is 2. The van der Waals surface area contributed by atoms with E-state index in [0.29, 0.717) is 19.0 Å². The molecule has 0 aromatic rings. The quantitative estimate of drug-likeness (QED) is 0.831. The third-order valence-electron chi connectivity index (χ3n) is 4.15. The van der Waals surface area contributed by atoms with Crippen molar-refractivity contribution in [3.63, 3.8) is 0 Å². The molecule has 2 rings (SSSR count). The zero-order chi connectivity index (χ0) is 13.0. The van der Waals surface area contributed by atoms with Crippen molar-refractivity contribution in [1.29, 1.82) is 0 Å². The van der Waals surface area contributed by atoms with Crippen molar-refractivity contribution in [2.75, 3.05) is 13.1 Å². The minimum Gasteiger partial charge on any atom is -0.355 e. The molecule has 0 spiro atoms. The Morgan fingerprint density at radius 3 is 2.89 bits per heavy atom. The Balaban J connectivity index is 1.95. The Labute approximate surface area is 109 Å². The van der Waals surface area contributed by atoms with Crippen molar-refractivity contribution in [1.82, 2.24) is 10.2 Å². The third-order valence-corrected chi connectivity index (χ3v) is 4.15. The molecule has 1 N–H and O–H groups in total. The maximum atomic E-state index is 12.5.